The molecule has 80 heavy (non-hydrogen) atoms. The number of aliphatic hydroxyl groups is 14. The van der Waals surface area contributed by atoms with Gasteiger partial charge in [0.05, 0.1) is 73.8 Å². The molecule has 27 heteroatoms. The van der Waals surface area contributed by atoms with Crippen molar-refractivity contribution in [2.45, 2.75) is 236 Å². The average Bonchev–Trinajstić information content (AvgIpc) is 3.44. The summed E-state index contributed by atoms with van der Waals surface area (Å²) in [5.41, 5.74) is 0. The van der Waals surface area contributed by atoms with Crippen molar-refractivity contribution < 1.29 is 133 Å². The topological polar surface area (TPSA) is 419 Å². The molecular formula is C53H84O27. The first-order valence-corrected chi connectivity index (χ1v) is 28.0. The SMILES string of the molecule is COC1CC(C=CC(=O)OCC2OC(OC3C(OC4CC5C(OC6OC(CO)C(O)C(O)C6O)CC(O)CC5OC4C4CCC(O)C(O)C4)OC(COC(=O)C=CC4CCC(O)C(OC)C4)C(O)C3O)C(O)C(O)C2O)CCC1O. The molecule has 30 atom stereocenters. The van der Waals surface area contributed by atoms with E-state index < -0.39 is 203 Å². The van der Waals surface area contributed by atoms with Crippen molar-refractivity contribution >= 4 is 11.9 Å². The van der Waals surface area contributed by atoms with Gasteiger partial charge in [-0.25, -0.2) is 9.59 Å². The molecule has 0 aromatic heterocycles. The molecule has 27 nitrogen and oxygen atoms in total. The Morgan fingerprint density at radius 1 is 0.463 bits per heavy atom. The normalized spacial score (nSPS) is 48.6. The van der Waals surface area contributed by atoms with Crippen LogP contribution in [0.25, 0.3) is 0 Å². The van der Waals surface area contributed by atoms with E-state index in [1.807, 2.05) is 0 Å². The second-order valence-electron chi connectivity index (χ2n) is 22.9. The molecule has 0 aromatic carbocycles. The van der Waals surface area contributed by atoms with E-state index in [0.717, 1.165) is 0 Å². The standard InChI is InChI=1S/C53H84O27/c1-70-33-13-22(3-8-28(33)57)5-11-39(60)72-20-37-42(63)45(66)48(69)52(78-37)80-50-46(67)43(64)38(21-73-40(61)12-6-23-4-9-29(58)34(14-23)71-2)79-53(50)76-35-18-26-31(74-49(35)24-7-10-27(56)30(59)15-24)16-25(55)17-32(26)75-51-47(68)44(65)41(62)36(19-54)77-51/h5-6,11-12,22-38,41-59,62-69H,3-4,7-10,13-21H2,1-2H3. The predicted octanol–water partition coefficient (Wildman–Crippen LogP) is -4.80. The minimum atomic E-state index is -2.05. The zero-order valence-corrected chi connectivity index (χ0v) is 44.8. The molecule has 4 saturated heterocycles. The summed E-state index contributed by atoms with van der Waals surface area (Å²) in [4.78, 5) is 26.1. The number of methoxy groups -OCH3 is 2. The summed E-state index contributed by atoms with van der Waals surface area (Å²) < 4.78 is 65.5. The van der Waals surface area contributed by atoms with E-state index in [2.05, 4.69) is 0 Å². The van der Waals surface area contributed by atoms with Gasteiger partial charge in [0.25, 0.3) is 0 Å². The highest BCUT2D eigenvalue weighted by Crippen LogP contribution is 2.46. The Hall–Kier alpha value is -2.50. The van der Waals surface area contributed by atoms with Crippen LogP contribution in [0.15, 0.2) is 24.3 Å². The van der Waals surface area contributed by atoms with Gasteiger partial charge in [-0.15, -0.1) is 0 Å². The van der Waals surface area contributed by atoms with Gasteiger partial charge in [-0.1, -0.05) is 12.2 Å². The molecule has 0 bridgehead atoms. The maximum Gasteiger partial charge on any atom is 0.330 e. The van der Waals surface area contributed by atoms with Crippen LogP contribution in [0.5, 0.6) is 0 Å². The summed E-state index contributed by atoms with van der Waals surface area (Å²) in [5, 5.41) is 152. The monoisotopic (exact) mass is 1150 g/mol. The van der Waals surface area contributed by atoms with E-state index in [1.54, 1.807) is 12.2 Å². The van der Waals surface area contributed by atoms with Crippen LogP contribution in [0, 0.1) is 23.7 Å². The first kappa shape index (κ1) is 63.5. The second kappa shape index (κ2) is 28.6. The second-order valence-corrected chi connectivity index (χ2v) is 22.9. The molecule has 4 saturated carbocycles. The number of aliphatic hydroxyl groups excluding tert-OH is 14. The molecule has 14 N–H and O–H groups in total. The number of carbonyl (C=O) groups excluding carboxylic acids is 2. The minimum Gasteiger partial charge on any atom is -0.460 e. The van der Waals surface area contributed by atoms with Crippen LogP contribution in [0.2, 0.25) is 0 Å². The Balaban J connectivity index is 1.04. The molecule has 30 unspecified atom stereocenters. The number of allylic oxidation sites excluding steroid dienone is 2. The molecular weight excluding hydrogens is 1070 g/mol. The highest BCUT2D eigenvalue weighted by atomic mass is 16.8. The Morgan fingerprint density at radius 2 is 0.963 bits per heavy atom. The summed E-state index contributed by atoms with van der Waals surface area (Å²) in [7, 11) is 2.96. The molecule has 8 fully saturated rings. The minimum absolute atomic E-state index is 0.0198. The largest absolute Gasteiger partial charge is 0.460 e. The lowest BCUT2D eigenvalue weighted by atomic mass is 9.72. The lowest BCUT2D eigenvalue weighted by Gasteiger charge is -2.53. The highest BCUT2D eigenvalue weighted by Gasteiger charge is 2.56. The smallest absolute Gasteiger partial charge is 0.330 e. The van der Waals surface area contributed by atoms with Crippen LogP contribution in [0.3, 0.4) is 0 Å². The number of fused-ring (bicyclic) bond motifs is 1. The molecule has 0 radical (unpaired) electrons. The number of hydrogen-bond acceptors (Lipinski definition) is 27. The quantitative estimate of drug-likeness (QED) is 0.0452. The zero-order valence-electron chi connectivity index (χ0n) is 44.8. The molecule has 0 aromatic rings. The third kappa shape index (κ3) is 15.1. The zero-order chi connectivity index (χ0) is 57.7. The van der Waals surface area contributed by atoms with Crippen molar-refractivity contribution in [3.05, 3.63) is 24.3 Å². The predicted molar refractivity (Wildman–Crippen MR) is 266 cm³/mol. The average molecular weight is 1150 g/mol. The Labute approximate surface area is 462 Å². The van der Waals surface area contributed by atoms with Crippen molar-refractivity contribution in [2.75, 3.05) is 34.0 Å². The third-order valence-corrected chi connectivity index (χ3v) is 17.5. The van der Waals surface area contributed by atoms with E-state index in [4.69, 9.17) is 52.1 Å². The summed E-state index contributed by atoms with van der Waals surface area (Å²) in [6, 6.07) is 0. The number of esters is 2. The van der Waals surface area contributed by atoms with Gasteiger partial charge >= 0.3 is 11.9 Å². The van der Waals surface area contributed by atoms with E-state index in [9.17, 15) is 81.1 Å². The summed E-state index contributed by atoms with van der Waals surface area (Å²) in [6.07, 6.45) is -27.2. The summed E-state index contributed by atoms with van der Waals surface area (Å²) in [5.74, 6) is -3.20. The van der Waals surface area contributed by atoms with Crippen LogP contribution in [0.4, 0.5) is 0 Å². The van der Waals surface area contributed by atoms with Gasteiger partial charge in [0, 0.05) is 38.7 Å². The molecule has 4 aliphatic carbocycles. The van der Waals surface area contributed by atoms with Crippen molar-refractivity contribution in [3.8, 4) is 0 Å². The maximum atomic E-state index is 13.2. The van der Waals surface area contributed by atoms with Crippen molar-refractivity contribution in [2.24, 2.45) is 23.7 Å². The fourth-order valence-corrected chi connectivity index (χ4v) is 12.7. The Morgan fingerprint density at radius 3 is 1.51 bits per heavy atom. The van der Waals surface area contributed by atoms with Crippen molar-refractivity contribution in [1.29, 1.82) is 0 Å². The molecule has 4 aliphatic heterocycles. The first-order valence-electron chi connectivity index (χ1n) is 28.0. The fourth-order valence-electron chi connectivity index (χ4n) is 12.7. The van der Waals surface area contributed by atoms with Crippen LogP contribution >= 0.6 is 0 Å². The van der Waals surface area contributed by atoms with Crippen LogP contribution in [-0.4, -0.2) is 277 Å². The van der Waals surface area contributed by atoms with Crippen molar-refractivity contribution in [1.82, 2.24) is 0 Å². The molecule has 0 spiro atoms. The lowest BCUT2D eigenvalue weighted by molar-refractivity contribution is -0.380. The third-order valence-electron chi connectivity index (χ3n) is 17.5. The Bertz CT molecular complexity index is 2020. The van der Waals surface area contributed by atoms with Gasteiger partial charge < -0.3 is 124 Å². The van der Waals surface area contributed by atoms with Gasteiger partial charge in [0.15, 0.2) is 18.9 Å². The van der Waals surface area contributed by atoms with Gasteiger partial charge in [0.1, 0.15) is 86.5 Å². The summed E-state index contributed by atoms with van der Waals surface area (Å²) in [6.45, 7) is -2.08. The van der Waals surface area contributed by atoms with E-state index in [0.29, 0.717) is 44.9 Å². The molecule has 4 heterocycles. The van der Waals surface area contributed by atoms with Gasteiger partial charge in [0.2, 0.25) is 0 Å². The van der Waals surface area contributed by atoms with Crippen LogP contribution < -0.4 is 0 Å². The van der Waals surface area contributed by atoms with Crippen LogP contribution in [0.1, 0.15) is 77.0 Å². The highest BCUT2D eigenvalue weighted by molar-refractivity contribution is 5.82. The van der Waals surface area contributed by atoms with E-state index >= 15 is 0 Å². The van der Waals surface area contributed by atoms with E-state index in [1.165, 1.54) is 26.4 Å². The van der Waals surface area contributed by atoms with Crippen LogP contribution in [-0.2, 0) is 61.7 Å². The van der Waals surface area contributed by atoms with Gasteiger partial charge in [-0.3, -0.25) is 0 Å². The van der Waals surface area contributed by atoms with Gasteiger partial charge in [-0.2, -0.15) is 0 Å². The molecule has 458 valence electrons. The van der Waals surface area contributed by atoms with Crippen molar-refractivity contribution in [3.63, 3.8) is 0 Å². The van der Waals surface area contributed by atoms with Gasteiger partial charge in [-0.05, 0) is 88.4 Å². The number of carbonyl (C=O) groups is 2. The molecule has 8 rings (SSSR count). The number of ether oxygens (including phenoxy) is 11. The maximum absolute atomic E-state index is 13.2. The molecule has 8 aliphatic rings. The first-order chi connectivity index (χ1) is 38.2. The number of hydrogen-bond donors (Lipinski definition) is 14. The Kier molecular flexibility index (Phi) is 22.7. The lowest BCUT2D eigenvalue weighted by Crippen LogP contribution is -2.66. The summed E-state index contributed by atoms with van der Waals surface area (Å²) >= 11 is 0. The number of rotatable bonds is 18. The molecule has 0 amide bonds. The fraction of sp³-hybridized carbons (Fsp3) is 0.887. The van der Waals surface area contributed by atoms with E-state index in [-0.39, 0.29) is 43.9 Å².